The summed E-state index contributed by atoms with van der Waals surface area (Å²) in [5.74, 6) is 0.985. The summed E-state index contributed by atoms with van der Waals surface area (Å²) in [6, 6.07) is 4.95. The highest BCUT2D eigenvalue weighted by Gasteiger charge is 2.33. The summed E-state index contributed by atoms with van der Waals surface area (Å²) in [6.45, 7) is 2.14. The van der Waals surface area contributed by atoms with Crippen molar-refractivity contribution in [1.82, 2.24) is 10.3 Å². The zero-order valence-electron chi connectivity index (χ0n) is 18.8. The molecule has 184 valence electrons. The second kappa shape index (κ2) is 10.5. The van der Waals surface area contributed by atoms with Crippen molar-refractivity contribution >= 4 is 22.9 Å². The summed E-state index contributed by atoms with van der Waals surface area (Å²) < 4.78 is 51.1. The third-order valence-corrected chi connectivity index (χ3v) is 7.38. The van der Waals surface area contributed by atoms with E-state index in [1.54, 1.807) is 6.07 Å². The van der Waals surface area contributed by atoms with Gasteiger partial charge in [0.05, 0.1) is 23.5 Å². The maximum absolute atomic E-state index is 13.1. The Morgan fingerprint density at radius 2 is 2.06 bits per heavy atom. The summed E-state index contributed by atoms with van der Waals surface area (Å²) in [4.78, 5) is 27.5. The zero-order valence-corrected chi connectivity index (χ0v) is 19.6. The van der Waals surface area contributed by atoms with Gasteiger partial charge in [0.25, 0.3) is 5.24 Å². The van der Waals surface area contributed by atoms with Gasteiger partial charge in [0.1, 0.15) is 11.5 Å². The van der Waals surface area contributed by atoms with Crippen LogP contribution in [0.3, 0.4) is 0 Å². The monoisotopic (exact) mass is 496 g/mol. The van der Waals surface area contributed by atoms with Crippen LogP contribution in [-0.2, 0) is 28.7 Å². The first-order chi connectivity index (χ1) is 16.2. The molecule has 4 rings (SSSR count). The number of nitrogens with zero attached hydrogens (tertiary/aromatic N) is 1. The molecule has 1 N–H and O–H groups in total. The van der Waals surface area contributed by atoms with Gasteiger partial charge in [-0.25, -0.2) is 4.98 Å². The van der Waals surface area contributed by atoms with Crippen molar-refractivity contribution in [3.63, 3.8) is 0 Å². The van der Waals surface area contributed by atoms with E-state index < -0.39 is 11.7 Å². The number of oxazole rings is 1. The molecule has 6 nitrogen and oxygen atoms in total. The van der Waals surface area contributed by atoms with Gasteiger partial charge in [-0.15, -0.1) is 0 Å². The third-order valence-electron chi connectivity index (χ3n) is 6.33. The van der Waals surface area contributed by atoms with Gasteiger partial charge in [0.15, 0.2) is 0 Å². The Morgan fingerprint density at radius 1 is 1.24 bits per heavy atom. The van der Waals surface area contributed by atoms with Gasteiger partial charge in [0, 0.05) is 12.0 Å². The molecule has 0 bridgehead atoms. The quantitative estimate of drug-likeness (QED) is 0.474. The lowest BCUT2D eigenvalue weighted by Crippen LogP contribution is -2.26. The number of thioether (sulfide) groups is 1. The Balaban J connectivity index is 1.34. The van der Waals surface area contributed by atoms with Gasteiger partial charge in [0.2, 0.25) is 11.8 Å². The van der Waals surface area contributed by atoms with Crippen molar-refractivity contribution in [2.24, 2.45) is 5.92 Å². The summed E-state index contributed by atoms with van der Waals surface area (Å²) >= 11 is 1.07. The second-order valence-corrected chi connectivity index (χ2v) is 9.92. The molecule has 1 aromatic carbocycles. The fraction of sp³-hybridized carbons (Fsp3) is 0.542. The van der Waals surface area contributed by atoms with Gasteiger partial charge >= 0.3 is 6.18 Å². The molecule has 2 aromatic rings. The van der Waals surface area contributed by atoms with Crippen LogP contribution in [0, 0.1) is 5.92 Å². The molecule has 1 aliphatic heterocycles. The molecule has 10 heteroatoms. The predicted molar refractivity (Wildman–Crippen MR) is 121 cm³/mol. The van der Waals surface area contributed by atoms with Crippen LogP contribution in [-0.4, -0.2) is 27.5 Å². The van der Waals surface area contributed by atoms with Crippen LogP contribution in [0.1, 0.15) is 62.5 Å². The number of nitrogens with one attached hydrogen (secondary N) is 1. The highest BCUT2D eigenvalue weighted by atomic mass is 32.2. The van der Waals surface area contributed by atoms with Crippen LogP contribution < -0.4 is 5.32 Å². The third kappa shape index (κ3) is 6.02. The maximum atomic E-state index is 13.1. The van der Waals surface area contributed by atoms with Crippen LogP contribution in [0.25, 0.3) is 11.5 Å². The topological polar surface area (TPSA) is 81.4 Å². The molecule has 0 radical (unpaired) electrons. The molecule has 1 aliphatic carbocycles. The number of aromatic nitrogens is 1. The van der Waals surface area contributed by atoms with Crippen molar-refractivity contribution in [2.45, 2.75) is 76.0 Å². The Morgan fingerprint density at radius 3 is 2.76 bits per heavy atom. The minimum Gasteiger partial charge on any atom is -0.441 e. The maximum Gasteiger partial charge on any atom is 0.416 e. The van der Waals surface area contributed by atoms with E-state index in [-0.39, 0.29) is 40.6 Å². The Hall–Kier alpha value is -2.33. The lowest BCUT2D eigenvalue weighted by molar-refractivity contribution is -0.137. The number of benzene rings is 1. The SMILES string of the molecule is CCc1oc(-c2cccc(C(F)(F)F)c2)nc1COC1CCCC(CCC2SC(=O)NC2=O)C1. The molecule has 1 aromatic heterocycles. The summed E-state index contributed by atoms with van der Waals surface area (Å²) in [5, 5.41) is 1.75. The highest BCUT2D eigenvalue weighted by molar-refractivity contribution is 8.15. The number of amides is 2. The number of imide groups is 1. The van der Waals surface area contributed by atoms with Crippen LogP contribution in [0.4, 0.5) is 18.0 Å². The minimum atomic E-state index is -4.44. The minimum absolute atomic E-state index is 0.0452. The van der Waals surface area contributed by atoms with Crippen LogP contribution in [0.5, 0.6) is 0 Å². The van der Waals surface area contributed by atoms with E-state index >= 15 is 0 Å². The Labute approximate surface area is 200 Å². The number of halogens is 3. The normalized spacial score (nSPS) is 23.4. The highest BCUT2D eigenvalue weighted by Crippen LogP contribution is 2.35. The second-order valence-electron chi connectivity index (χ2n) is 8.75. The molecule has 2 fully saturated rings. The van der Waals surface area contributed by atoms with E-state index in [1.165, 1.54) is 6.07 Å². The van der Waals surface area contributed by atoms with Gasteiger partial charge in [-0.3, -0.25) is 14.9 Å². The molecule has 1 saturated heterocycles. The molecule has 2 aliphatic rings. The lowest BCUT2D eigenvalue weighted by atomic mass is 9.84. The van der Waals surface area contributed by atoms with Gasteiger partial charge in [-0.1, -0.05) is 37.6 Å². The molecule has 3 unspecified atom stereocenters. The van der Waals surface area contributed by atoms with Crippen molar-refractivity contribution in [1.29, 1.82) is 0 Å². The standard InChI is InChI=1S/C24H27F3N2O4S/c1-2-19-18(28-22(33-19)15-6-4-7-16(12-15)24(25,26)27)13-32-17-8-3-5-14(11-17)9-10-20-21(30)29-23(31)34-20/h4,6-7,12,14,17,20H,2-3,5,8-11,13H2,1H3,(H,29,30,31). The van der Waals surface area contributed by atoms with E-state index in [4.69, 9.17) is 9.15 Å². The molecule has 2 heterocycles. The molecular weight excluding hydrogens is 469 g/mol. The number of ether oxygens (including phenoxy) is 1. The first-order valence-corrected chi connectivity index (χ1v) is 12.4. The van der Waals surface area contributed by atoms with Gasteiger partial charge in [-0.2, -0.15) is 13.2 Å². The number of carbonyl (C=O) groups excluding carboxylic acids is 2. The van der Waals surface area contributed by atoms with E-state index in [1.807, 2.05) is 6.92 Å². The molecule has 0 spiro atoms. The summed E-state index contributed by atoms with van der Waals surface area (Å²) in [5.41, 5.74) is 0.139. The van der Waals surface area contributed by atoms with Gasteiger partial charge in [-0.05, 0) is 49.8 Å². The van der Waals surface area contributed by atoms with Crippen molar-refractivity contribution in [3.8, 4) is 11.5 Å². The molecule has 3 atom stereocenters. The van der Waals surface area contributed by atoms with Crippen molar-refractivity contribution < 1.29 is 31.9 Å². The smallest absolute Gasteiger partial charge is 0.416 e. The van der Waals surface area contributed by atoms with Crippen LogP contribution in [0.2, 0.25) is 0 Å². The summed E-state index contributed by atoms with van der Waals surface area (Å²) in [6.07, 6.45) is 1.58. The Kier molecular flexibility index (Phi) is 7.67. The summed E-state index contributed by atoms with van der Waals surface area (Å²) in [7, 11) is 0. The first kappa shape index (κ1) is 24.8. The molecule has 1 saturated carbocycles. The van der Waals surface area contributed by atoms with E-state index in [9.17, 15) is 22.8 Å². The lowest BCUT2D eigenvalue weighted by Gasteiger charge is -2.29. The fourth-order valence-electron chi connectivity index (χ4n) is 4.55. The number of hydrogen-bond acceptors (Lipinski definition) is 6. The van der Waals surface area contributed by atoms with E-state index in [0.717, 1.165) is 56.0 Å². The zero-order chi connectivity index (χ0) is 24.3. The molecule has 2 amide bonds. The predicted octanol–water partition coefficient (Wildman–Crippen LogP) is 6.13. The number of alkyl halides is 3. The van der Waals surface area contributed by atoms with Gasteiger partial charge < -0.3 is 9.15 Å². The average Bonchev–Trinajstić information content (AvgIpc) is 3.38. The largest absolute Gasteiger partial charge is 0.441 e. The molecule has 34 heavy (non-hydrogen) atoms. The first-order valence-electron chi connectivity index (χ1n) is 11.5. The van der Waals surface area contributed by atoms with Crippen LogP contribution in [0.15, 0.2) is 28.7 Å². The van der Waals surface area contributed by atoms with Crippen LogP contribution >= 0.6 is 11.8 Å². The number of carbonyl (C=O) groups is 2. The van der Waals surface area contributed by atoms with E-state index in [2.05, 4.69) is 10.3 Å². The number of hydrogen-bond donors (Lipinski definition) is 1. The fourth-order valence-corrected chi connectivity index (χ4v) is 5.38. The average molecular weight is 497 g/mol. The number of rotatable bonds is 8. The van der Waals surface area contributed by atoms with E-state index in [0.29, 0.717) is 30.2 Å². The van der Waals surface area contributed by atoms with Crippen molar-refractivity contribution in [2.75, 3.05) is 0 Å². The van der Waals surface area contributed by atoms with Crippen molar-refractivity contribution in [3.05, 3.63) is 41.3 Å². The number of aryl methyl sites for hydroxylation is 1. The Bertz CT molecular complexity index is 1040. The molecular formula is C24H27F3N2O4S.